The maximum atomic E-state index is 13.6. The minimum Gasteiger partial charge on any atom is -0.341 e. The van der Waals surface area contributed by atoms with Gasteiger partial charge in [-0.25, -0.2) is 9.37 Å². The second-order valence-electron chi connectivity index (χ2n) is 6.19. The molecule has 0 unspecified atom stereocenters. The minimum absolute atomic E-state index is 0.0685. The maximum Gasteiger partial charge on any atom is 0.230 e. The number of hydrogen-bond acceptors (Lipinski definition) is 3. The number of hydrogen-bond donors (Lipinski definition) is 1. The highest BCUT2D eigenvalue weighted by molar-refractivity contribution is 7.99. The Labute approximate surface area is 146 Å². The van der Waals surface area contributed by atoms with Gasteiger partial charge < -0.3 is 9.88 Å². The van der Waals surface area contributed by atoms with Gasteiger partial charge in [0.25, 0.3) is 0 Å². The Hall–Kier alpha value is -1.82. The lowest BCUT2D eigenvalue weighted by Crippen LogP contribution is -2.32. The average molecular weight is 349 g/mol. The van der Waals surface area contributed by atoms with Crippen molar-refractivity contribution in [1.29, 1.82) is 0 Å². The highest BCUT2D eigenvalue weighted by Crippen LogP contribution is 2.21. The molecule has 0 saturated heterocycles. The Kier molecular flexibility index (Phi) is 6.85. The van der Waals surface area contributed by atoms with Crippen molar-refractivity contribution in [2.45, 2.75) is 26.3 Å². The van der Waals surface area contributed by atoms with Crippen LogP contribution in [0.5, 0.6) is 0 Å². The van der Waals surface area contributed by atoms with Crippen molar-refractivity contribution in [3.63, 3.8) is 0 Å². The molecule has 0 radical (unpaired) electrons. The van der Waals surface area contributed by atoms with Crippen molar-refractivity contribution in [2.75, 3.05) is 11.5 Å². The number of amides is 1. The van der Waals surface area contributed by atoms with Gasteiger partial charge in [-0.05, 0) is 35.8 Å². The number of imidazole rings is 1. The third kappa shape index (κ3) is 5.37. The highest BCUT2D eigenvalue weighted by Gasteiger charge is 2.21. The van der Waals surface area contributed by atoms with Gasteiger partial charge in [0.2, 0.25) is 5.91 Å². The molecule has 1 N–H and O–H groups in total. The van der Waals surface area contributed by atoms with Crippen LogP contribution in [0.4, 0.5) is 4.39 Å². The van der Waals surface area contributed by atoms with E-state index in [0.717, 1.165) is 12.2 Å². The van der Waals surface area contributed by atoms with Crippen molar-refractivity contribution < 1.29 is 9.18 Å². The Morgan fingerprint density at radius 2 is 2.21 bits per heavy atom. The van der Waals surface area contributed by atoms with Crippen molar-refractivity contribution in [1.82, 2.24) is 14.9 Å². The number of halogens is 1. The number of benzene rings is 1. The molecule has 130 valence electrons. The molecule has 0 aliphatic rings. The molecule has 1 amide bonds. The van der Waals surface area contributed by atoms with E-state index in [1.54, 1.807) is 30.1 Å². The fraction of sp³-hybridized carbons (Fsp3) is 0.444. The molecule has 0 bridgehead atoms. The first-order valence-electron chi connectivity index (χ1n) is 8.07. The van der Waals surface area contributed by atoms with E-state index in [2.05, 4.69) is 24.1 Å². The zero-order valence-corrected chi connectivity index (χ0v) is 15.1. The largest absolute Gasteiger partial charge is 0.341 e. The molecule has 1 heterocycles. The fourth-order valence-corrected chi connectivity index (χ4v) is 3.38. The van der Waals surface area contributed by atoms with E-state index < -0.39 is 6.04 Å². The zero-order valence-electron chi connectivity index (χ0n) is 14.3. The molecule has 0 spiro atoms. The van der Waals surface area contributed by atoms with Gasteiger partial charge in [0.1, 0.15) is 17.7 Å². The smallest absolute Gasteiger partial charge is 0.230 e. The van der Waals surface area contributed by atoms with E-state index in [-0.39, 0.29) is 11.7 Å². The number of aromatic nitrogens is 2. The lowest BCUT2D eigenvalue weighted by molar-refractivity contribution is -0.119. The minimum atomic E-state index is -0.459. The number of rotatable bonds is 8. The lowest BCUT2D eigenvalue weighted by atomic mass is 10.1. The molecule has 4 nitrogen and oxygen atoms in total. The molecule has 1 aromatic carbocycles. The molecule has 2 aromatic rings. The molecule has 1 aromatic heterocycles. The number of aryl methyl sites for hydroxylation is 1. The van der Waals surface area contributed by atoms with E-state index in [0.29, 0.717) is 23.1 Å². The third-order valence-corrected chi connectivity index (χ3v) is 4.67. The molecule has 0 saturated carbocycles. The Morgan fingerprint density at radius 1 is 1.42 bits per heavy atom. The quantitative estimate of drug-likeness (QED) is 0.742. The lowest BCUT2D eigenvalue weighted by Gasteiger charge is -2.19. The van der Waals surface area contributed by atoms with Crippen LogP contribution in [0.3, 0.4) is 0 Å². The highest BCUT2D eigenvalue weighted by atomic mass is 32.2. The maximum absolute atomic E-state index is 13.6. The van der Waals surface area contributed by atoms with Crippen molar-refractivity contribution in [3.8, 4) is 0 Å². The predicted molar refractivity (Wildman–Crippen MR) is 96.4 cm³/mol. The third-order valence-electron chi connectivity index (χ3n) is 3.68. The molecule has 0 aliphatic carbocycles. The summed E-state index contributed by atoms with van der Waals surface area (Å²) in [5, 5.41) is 2.98. The molecule has 1 atom stereocenters. The Balaban J connectivity index is 2.07. The summed E-state index contributed by atoms with van der Waals surface area (Å²) in [5.74, 6) is 2.27. The fourth-order valence-electron chi connectivity index (χ4n) is 2.32. The predicted octanol–water partition coefficient (Wildman–Crippen LogP) is 3.54. The topological polar surface area (TPSA) is 46.9 Å². The average Bonchev–Trinajstić information content (AvgIpc) is 2.95. The summed E-state index contributed by atoms with van der Waals surface area (Å²) < 4.78 is 15.4. The van der Waals surface area contributed by atoms with E-state index in [4.69, 9.17) is 0 Å². The van der Waals surface area contributed by atoms with Crippen LogP contribution in [0.25, 0.3) is 0 Å². The van der Waals surface area contributed by atoms with Crippen LogP contribution < -0.4 is 5.32 Å². The summed E-state index contributed by atoms with van der Waals surface area (Å²) in [6.07, 6.45) is 4.57. The van der Waals surface area contributed by atoms with E-state index in [1.165, 1.54) is 12.1 Å². The first kappa shape index (κ1) is 18.5. The summed E-state index contributed by atoms with van der Waals surface area (Å²) in [6, 6.07) is 5.81. The van der Waals surface area contributed by atoms with Gasteiger partial charge in [-0.1, -0.05) is 26.0 Å². The summed E-state index contributed by atoms with van der Waals surface area (Å²) in [7, 11) is 1.86. The van der Waals surface area contributed by atoms with Crippen molar-refractivity contribution >= 4 is 17.7 Å². The van der Waals surface area contributed by atoms with Crippen molar-refractivity contribution in [2.24, 2.45) is 13.0 Å². The van der Waals surface area contributed by atoms with Crippen LogP contribution in [0.15, 0.2) is 36.7 Å². The van der Waals surface area contributed by atoms with Crippen LogP contribution in [-0.2, 0) is 11.8 Å². The zero-order chi connectivity index (χ0) is 17.5. The second-order valence-corrected chi connectivity index (χ2v) is 7.29. The molecular weight excluding hydrogens is 325 g/mol. The Morgan fingerprint density at radius 3 is 2.83 bits per heavy atom. The van der Waals surface area contributed by atoms with Crippen LogP contribution >= 0.6 is 11.8 Å². The second kappa shape index (κ2) is 8.87. The van der Waals surface area contributed by atoms with Gasteiger partial charge in [0, 0.05) is 19.4 Å². The summed E-state index contributed by atoms with van der Waals surface area (Å²) in [6.45, 7) is 4.34. The number of nitrogens with zero attached hydrogens (tertiary/aromatic N) is 2. The summed E-state index contributed by atoms with van der Waals surface area (Å²) in [4.78, 5) is 16.6. The van der Waals surface area contributed by atoms with Gasteiger partial charge >= 0.3 is 0 Å². The van der Waals surface area contributed by atoms with Gasteiger partial charge in [0.05, 0.1) is 5.75 Å². The van der Waals surface area contributed by atoms with Gasteiger partial charge in [-0.2, -0.15) is 11.8 Å². The van der Waals surface area contributed by atoms with Crippen molar-refractivity contribution in [3.05, 3.63) is 53.9 Å². The molecule has 2 rings (SSSR count). The Bertz CT molecular complexity index is 672. The number of thioether (sulfide) groups is 1. The SMILES string of the molecule is CC(C)CCSCC(=O)N[C@H](c1cccc(F)c1)c1nccn1C. The van der Waals surface area contributed by atoms with Gasteiger partial charge in [0.15, 0.2) is 0 Å². The first-order valence-corrected chi connectivity index (χ1v) is 9.22. The van der Waals surface area contributed by atoms with Crippen LogP contribution in [0.1, 0.15) is 37.7 Å². The van der Waals surface area contributed by atoms with Crippen LogP contribution in [-0.4, -0.2) is 27.0 Å². The van der Waals surface area contributed by atoms with Gasteiger partial charge in [-0.3, -0.25) is 4.79 Å². The molecule has 0 fully saturated rings. The monoisotopic (exact) mass is 349 g/mol. The number of carbonyl (C=O) groups is 1. The van der Waals surface area contributed by atoms with Crippen LogP contribution in [0, 0.1) is 11.7 Å². The molecule has 24 heavy (non-hydrogen) atoms. The summed E-state index contributed by atoms with van der Waals surface area (Å²) in [5.41, 5.74) is 0.685. The van der Waals surface area contributed by atoms with E-state index in [1.807, 2.05) is 17.8 Å². The van der Waals surface area contributed by atoms with E-state index >= 15 is 0 Å². The number of carbonyl (C=O) groups excluding carboxylic acids is 1. The normalized spacial score (nSPS) is 12.4. The molecule has 6 heteroatoms. The van der Waals surface area contributed by atoms with Crippen LogP contribution in [0.2, 0.25) is 0 Å². The standard InChI is InChI=1S/C18H24FN3OS/c1-13(2)7-10-24-12-16(23)21-17(18-20-8-9-22(18)3)14-5-4-6-15(19)11-14/h4-6,8-9,11,13,17H,7,10,12H2,1-3H3,(H,21,23)/t17-/m1/s1. The first-order chi connectivity index (χ1) is 11.5. The number of nitrogens with one attached hydrogen (secondary N) is 1. The van der Waals surface area contributed by atoms with E-state index in [9.17, 15) is 9.18 Å². The molecule has 0 aliphatic heterocycles. The van der Waals surface area contributed by atoms with Gasteiger partial charge in [-0.15, -0.1) is 0 Å². The molecular formula is C18H24FN3OS. The summed E-state index contributed by atoms with van der Waals surface area (Å²) >= 11 is 1.62.